The number of hydrogen-bond donors (Lipinski definition) is 1. The lowest BCUT2D eigenvalue weighted by molar-refractivity contribution is -0.137. The molecule has 1 saturated carbocycles. The first-order valence-electron chi connectivity index (χ1n) is 10.3. The highest BCUT2D eigenvalue weighted by Gasteiger charge is 2.54. The average molecular weight is 404 g/mol. The first kappa shape index (κ1) is 21.6. The summed E-state index contributed by atoms with van der Waals surface area (Å²) in [6, 6.07) is 10.4. The maximum atomic E-state index is 13.0. The third kappa shape index (κ3) is 4.12. The van der Waals surface area contributed by atoms with Crippen LogP contribution in [0.25, 0.3) is 0 Å². The molecule has 0 atom stereocenters. The van der Waals surface area contributed by atoms with Gasteiger partial charge in [-0.2, -0.15) is 0 Å². The Morgan fingerprint density at radius 3 is 2.38 bits per heavy atom. The summed E-state index contributed by atoms with van der Waals surface area (Å²) in [7, 11) is 5.90. The topological polar surface area (TPSA) is 73.3 Å². The van der Waals surface area contributed by atoms with Crippen molar-refractivity contribution >= 4 is 12.0 Å². The first-order valence-corrected chi connectivity index (χ1v) is 10.3. The summed E-state index contributed by atoms with van der Waals surface area (Å²) in [5.41, 5.74) is 0.945. The van der Waals surface area contributed by atoms with Crippen LogP contribution in [0.15, 0.2) is 30.3 Å². The number of carboxylic acid groups (broad SMARTS) is 1. The fraction of sp³-hybridized carbons (Fsp3) is 0.636. The van der Waals surface area contributed by atoms with E-state index < -0.39 is 5.97 Å². The SMILES string of the molecule is COCCCN1C(=O)N(CC(=O)O)C[C@]12CC[C@@](c1ccccc1)(N(C)C)CC2. The van der Waals surface area contributed by atoms with Crippen molar-refractivity contribution < 1.29 is 19.4 Å². The summed E-state index contributed by atoms with van der Waals surface area (Å²) < 4.78 is 5.17. The molecule has 1 aliphatic carbocycles. The standard InChI is InChI=1S/C22H33N3O4/c1-23(2)22(18-8-5-4-6-9-18)12-10-21(11-13-22)17-24(16-19(26)27)20(28)25(21)14-7-15-29-3/h4-6,8-9H,7,10-17H2,1-3H3,(H,26,27)/t21-,22-. The third-order valence-corrected chi connectivity index (χ3v) is 6.79. The number of urea groups is 1. The number of methoxy groups -OCH3 is 1. The zero-order valence-corrected chi connectivity index (χ0v) is 17.8. The minimum atomic E-state index is -0.963. The number of ether oxygens (including phenoxy) is 1. The Labute approximate surface area is 173 Å². The average Bonchev–Trinajstić information content (AvgIpc) is 2.94. The Hall–Kier alpha value is -2.12. The summed E-state index contributed by atoms with van der Waals surface area (Å²) >= 11 is 0. The van der Waals surface area contributed by atoms with E-state index in [1.165, 1.54) is 10.5 Å². The van der Waals surface area contributed by atoms with Gasteiger partial charge in [-0.15, -0.1) is 0 Å². The van der Waals surface area contributed by atoms with Gasteiger partial charge in [0.15, 0.2) is 0 Å². The van der Waals surface area contributed by atoms with Crippen molar-refractivity contribution in [3.05, 3.63) is 35.9 Å². The second-order valence-electron chi connectivity index (χ2n) is 8.55. The van der Waals surface area contributed by atoms with Crippen LogP contribution in [0.4, 0.5) is 4.79 Å². The first-order chi connectivity index (χ1) is 13.8. The molecule has 1 saturated heterocycles. The van der Waals surface area contributed by atoms with Gasteiger partial charge in [0.25, 0.3) is 0 Å². The van der Waals surface area contributed by atoms with Crippen LogP contribution in [-0.2, 0) is 15.1 Å². The number of rotatable bonds is 8. The number of benzene rings is 1. The van der Waals surface area contributed by atoms with Gasteiger partial charge in [-0.05, 0) is 51.8 Å². The van der Waals surface area contributed by atoms with Crippen LogP contribution in [0.5, 0.6) is 0 Å². The molecule has 7 heteroatoms. The molecule has 1 spiro atoms. The van der Waals surface area contributed by atoms with Crippen LogP contribution in [0.1, 0.15) is 37.7 Å². The van der Waals surface area contributed by atoms with Crippen molar-refractivity contribution in [2.75, 3.05) is 47.4 Å². The van der Waals surface area contributed by atoms with Gasteiger partial charge in [-0.1, -0.05) is 30.3 Å². The molecule has 1 N–H and O–H groups in total. The summed E-state index contributed by atoms with van der Waals surface area (Å²) in [6.07, 6.45) is 4.32. The number of hydrogen-bond acceptors (Lipinski definition) is 4. The van der Waals surface area contributed by atoms with Crippen molar-refractivity contribution in [1.82, 2.24) is 14.7 Å². The van der Waals surface area contributed by atoms with Crippen molar-refractivity contribution in [3.63, 3.8) is 0 Å². The molecule has 2 amide bonds. The maximum absolute atomic E-state index is 13.0. The second-order valence-corrected chi connectivity index (χ2v) is 8.55. The highest BCUT2D eigenvalue weighted by atomic mass is 16.5. The smallest absolute Gasteiger partial charge is 0.323 e. The maximum Gasteiger partial charge on any atom is 0.323 e. The predicted octanol–water partition coefficient (Wildman–Crippen LogP) is 2.62. The molecule has 1 aromatic rings. The number of amides is 2. The normalized spacial score (nSPS) is 27.2. The van der Waals surface area contributed by atoms with E-state index in [1.54, 1.807) is 7.11 Å². The summed E-state index contributed by atoms with van der Waals surface area (Å²) in [6.45, 7) is 1.44. The van der Waals surface area contributed by atoms with E-state index in [0.29, 0.717) is 19.7 Å². The molecule has 0 aromatic heterocycles. The lowest BCUT2D eigenvalue weighted by Crippen LogP contribution is -2.55. The Bertz CT molecular complexity index is 714. The van der Waals surface area contributed by atoms with E-state index in [1.807, 2.05) is 11.0 Å². The largest absolute Gasteiger partial charge is 0.480 e. The Morgan fingerprint density at radius 2 is 1.83 bits per heavy atom. The van der Waals surface area contributed by atoms with Gasteiger partial charge in [0, 0.05) is 32.3 Å². The van der Waals surface area contributed by atoms with E-state index in [0.717, 1.165) is 32.1 Å². The summed E-state index contributed by atoms with van der Waals surface area (Å²) in [5.74, 6) is -0.963. The van der Waals surface area contributed by atoms with Gasteiger partial charge >= 0.3 is 12.0 Å². The van der Waals surface area contributed by atoms with Crippen LogP contribution >= 0.6 is 0 Å². The lowest BCUT2D eigenvalue weighted by atomic mass is 9.68. The molecular formula is C22H33N3O4. The number of carboxylic acids is 1. The third-order valence-electron chi connectivity index (χ3n) is 6.79. The zero-order chi connectivity index (χ0) is 21.1. The van der Waals surface area contributed by atoms with Crippen molar-refractivity contribution in [2.24, 2.45) is 0 Å². The van der Waals surface area contributed by atoms with Gasteiger partial charge < -0.3 is 19.6 Å². The molecule has 1 heterocycles. The fourth-order valence-electron chi connectivity index (χ4n) is 5.17. The van der Waals surface area contributed by atoms with Gasteiger partial charge in [-0.3, -0.25) is 9.69 Å². The van der Waals surface area contributed by atoms with Crippen molar-refractivity contribution in [2.45, 2.75) is 43.2 Å². The minimum absolute atomic E-state index is 0.0615. The summed E-state index contributed by atoms with van der Waals surface area (Å²) in [5, 5.41) is 9.24. The molecule has 0 bridgehead atoms. The highest BCUT2D eigenvalue weighted by Crippen LogP contribution is 2.48. The van der Waals surface area contributed by atoms with E-state index >= 15 is 0 Å². The van der Waals surface area contributed by atoms with Crippen LogP contribution in [0.2, 0.25) is 0 Å². The van der Waals surface area contributed by atoms with Crippen LogP contribution < -0.4 is 0 Å². The summed E-state index contributed by atoms with van der Waals surface area (Å²) in [4.78, 5) is 30.0. The van der Waals surface area contributed by atoms with Crippen LogP contribution in [-0.4, -0.2) is 84.8 Å². The molecule has 0 radical (unpaired) electrons. The molecule has 1 aromatic carbocycles. The lowest BCUT2D eigenvalue weighted by Gasteiger charge is -2.51. The van der Waals surface area contributed by atoms with E-state index in [9.17, 15) is 14.7 Å². The second kappa shape index (κ2) is 8.71. The molecular weight excluding hydrogens is 370 g/mol. The monoisotopic (exact) mass is 403 g/mol. The van der Waals surface area contributed by atoms with E-state index in [2.05, 4.69) is 43.3 Å². The highest BCUT2D eigenvalue weighted by molar-refractivity contribution is 5.83. The van der Waals surface area contributed by atoms with Gasteiger partial charge in [0.05, 0.1) is 5.54 Å². The van der Waals surface area contributed by atoms with E-state index in [-0.39, 0.29) is 23.7 Å². The number of carbonyl (C=O) groups excluding carboxylic acids is 1. The molecule has 1 aliphatic heterocycles. The molecule has 3 rings (SSSR count). The predicted molar refractivity (Wildman–Crippen MR) is 111 cm³/mol. The molecule has 2 fully saturated rings. The van der Waals surface area contributed by atoms with E-state index in [4.69, 9.17) is 4.74 Å². The number of aliphatic carboxylic acids is 1. The molecule has 0 unspecified atom stereocenters. The van der Waals surface area contributed by atoms with Gasteiger partial charge in [-0.25, -0.2) is 4.79 Å². The molecule has 7 nitrogen and oxygen atoms in total. The van der Waals surface area contributed by atoms with Gasteiger partial charge in [0.2, 0.25) is 0 Å². The van der Waals surface area contributed by atoms with Gasteiger partial charge in [0.1, 0.15) is 6.54 Å². The van der Waals surface area contributed by atoms with Crippen LogP contribution in [0, 0.1) is 0 Å². The Morgan fingerprint density at radius 1 is 1.17 bits per heavy atom. The molecule has 2 aliphatic rings. The molecule has 160 valence electrons. The van der Waals surface area contributed by atoms with Crippen LogP contribution in [0.3, 0.4) is 0 Å². The number of carbonyl (C=O) groups is 2. The number of nitrogens with zero attached hydrogens (tertiary/aromatic N) is 3. The fourth-order valence-corrected chi connectivity index (χ4v) is 5.17. The Balaban J connectivity index is 1.84. The zero-order valence-electron chi connectivity index (χ0n) is 17.8. The molecule has 29 heavy (non-hydrogen) atoms. The minimum Gasteiger partial charge on any atom is -0.480 e. The Kier molecular flexibility index (Phi) is 6.49. The van der Waals surface area contributed by atoms with Crippen molar-refractivity contribution in [1.29, 1.82) is 0 Å². The quantitative estimate of drug-likeness (QED) is 0.676. The van der Waals surface area contributed by atoms with Crippen molar-refractivity contribution in [3.8, 4) is 0 Å².